The van der Waals surface area contributed by atoms with Crippen LogP contribution in [0, 0.1) is 23.7 Å². The molecule has 1 saturated carbocycles. The SMILES string of the molecule is C/C1=C\C=C\[C@@H](CO)[C@@]2(O)C[C@H](OC(=O)N2)[C@@H](C)[C@@H]2O[C@@]2(C)[C@@H](OC(=O)[C@H](C)N(C)C(=O)CCSC2CC(=O)N(CC3CCC(C(=O)[NH][Sb])CC3)C2=O)CC(=O)N(C)c2cc(cc(CO)c2Cl)C1. The number of esters is 1. The number of hydrogen-bond acceptors (Lipinski definition) is 14. The summed E-state index contributed by atoms with van der Waals surface area (Å²) in [6.07, 6.45) is 3.92. The number of rotatable bonds is 12. The molecule has 1 aromatic carbocycles. The summed E-state index contributed by atoms with van der Waals surface area (Å²) in [6, 6.07) is 2.32. The number of ether oxygens (including phenoxy) is 3. The molecular formula is C47H63ClN5O13SSb. The van der Waals surface area contributed by atoms with Crippen LogP contribution in [0.15, 0.2) is 35.9 Å². The molecule has 0 aromatic heterocycles. The van der Waals surface area contributed by atoms with Gasteiger partial charge in [-0.25, -0.2) is 9.59 Å². The van der Waals surface area contributed by atoms with E-state index in [1.807, 2.05) is 6.92 Å². The Morgan fingerprint density at radius 3 is 2.49 bits per heavy atom. The molecule has 3 saturated heterocycles. The molecular weight excluding hydrogens is 1030 g/mol. The van der Waals surface area contributed by atoms with Crippen molar-refractivity contribution < 1.29 is 63.1 Å². The van der Waals surface area contributed by atoms with Gasteiger partial charge in [0.1, 0.15) is 23.9 Å². The Labute approximate surface area is 420 Å². The fourth-order valence-corrected chi connectivity index (χ4v) is 11.6. The minimum absolute atomic E-state index is 0.0278. The second-order valence-corrected chi connectivity index (χ2v) is 21.3. The van der Waals surface area contributed by atoms with Gasteiger partial charge in [0.2, 0.25) is 11.8 Å². The van der Waals surface area contributed by atoms with Gasteiger partial charge in [-0.2, -0.15) is 0 Å². The first-order chi connectivity index (χ1) is 32.1. The predicted molar refractivity (Wildman–Crippen MR) is 252 cm³/mol. The summed E-state index contributed by atoms with van der Waals surface area (Å²) in [5, 5.41) is 34.4. The molecule has 5 N–H and O–H groups in total. The van der Waals surface area contributed by atoms with Crippen molar-refractivity contribution in [3.05, 3.63) is 52.1 Å². The summed E-state index contributed by atoms with van der Waals surface area (Å²) in [4.78, 5) is 97.0. The number of thioether (sulfide) groups is 1. The minimum atomic E-state index is -1.91. The van der Waals surface area contributed by atoms with Gasteiger partial charge >= 0.3 is 149 Å². The van der Waals surface area contributed by atoms with Crippen LogP contribution >= 0.6 is 23.4 Å². The van der Waals surface area contributed by atoms with Crippen molar-refractivity contribution in [1.82, 2.24) is 18.6 Å². The Morgan fingerprint density at radius 1 is 1.12 bits per heavy atom. The number of halogens is 1. The fraction of sp³-hybridized carbons (Fsp3) is 0.638. The normalized spacial score (nSPS) is 32.8. The van der Waals surface area contributed by atoms with E-state index in [9.17, 15) is 48.9 Å². The zero-order valence-corrected chi connectivity index (χ0v) is 43.4. The molecule has 0 spiro atoms. The van der Waals surface area contributed by atoms with Gasteiger partial charge in [0.15, 0.2) is 5.72 Å². The van der Waals surface area contributed by atoms with Crippen LogP contribution in [0.25, 0.3) is 0 Å². The van der Waals surface area contributed by atoms with Gasteiger partial charge in [0.05, 0.1) is 36.4 Å². The van der Waals surface area contributed by atoms with Gasteiger partial charge < -0.3 is 39.3 Å². The molecule has 6 rings (SSSR count). The number of fused-ring (bicyclic) bond motifs is 5. The third kappa shape index (κ3) is 12.1. The zero-order valence-electron chi connectivity index (χ0n) is 39.3. The average Bonchev–Trinajstić information content (AvgIpc) is 3.94. The number of amides is 6. The summed E-state index contributed by atoms with van der Waals surface area (Å²) >= 11 is 9.23. The number of alkyl carbamates (subject to hydrolysis) is 1. The number of imide groups is 1. The maximum absolute atomic E-state index is 14.3. The Kier molecular flexibility index (Phi) is 17.8. The number of likely N-dealkylation sites (tertiary alicyclic amines) is 1. The largest absolute Gasteiger partial charge is 0.392 e. The number of benzene rings is 1. The molecule has 6 amide bonds. The molecule has 21 heteroatoms. The molecule has 4 bridgehead atoms. The first-order valence-corrected chi connectivity index (χ1v) is 25.7. The molecule has 68 heavy (non-hydrogen) atoms. The number of likely N-dealkylation sites (N-methyl/N-ethyl adjacent to an activating group) is 1. The molecule has 1 aromatic rings. The summed E-state index contributed by atoms with van der Waals surface area (Å²) in [5.74, 6) is -3.56. The molecule has 4 fully saturated rings. The van der Waals surface area contributed by atoms with Crippen molar-refractivity contribution in [3.8, 4) is 0 Å². The van der Waals surface area contributed by atoms with E-state index in [4.69, 9.17) is 25.8 Å². The number of epoxide rings is 1. The van der Waals surface area contributed by atoms with Crippen molar-refractivity contribution >= 4 is 93.9 Å². The smallest absolute Gasteiger partial charge is 0.230 e. The molecule has 4 heterocycles. The van der Waals surface area contributed by atoms with E-state index in [0.29, 0.717) is 37.1 Å². The van der Waals surface area contributed by atoms with Gasteiger partial charge in [-0.1, -0.05) is 48.4 Å². The van der Waals surface area contributed by atoms with Crippen molar-refractivity contribution in [2.45, 2.75) is 133 Å². The van der Waals surface area contributed by atoms with Crippen molar-refractivity contribution in [2.75, 3.05) is 37.9 Å². The van der Waals surface area contributed by atoms with Gasteiger partial charge in [-0.15, -0.1) is 0 Å². The summed E-state index contributed by atoms with van der Waals surface area (Å²) in [6.45, 7) is 6.15. The Hall–Kier alpha value is -3.71. The van der Waals surface area contributed by atoms with Crippen LogP contribution in [0.2, 0.25) is 5.02 Å². The van der Waals surface area contributed by atoms with Crippen molar-refractivity contribution in [1.29, 1.82) is 0 Å². The summed E-state index contributed by atoms with van der Waals surface area (Å²) < 4.78 is 20.8. The van der Waals surface area contributed by atoms with E-state index >= 15 is 0 Å². The molecule has 4 aliphatic heterocycles. The molecule has 18 nitrogen and oxygen atoms in total. The summed E-state index contributed by atoms with van der Waals surface area (Å²) in [7, 11) is 2.96. The van der Waals surface area contributed by atoms with Crippen LogP contribution in [0.3, 0.4) is 0 Å². The van der Waals surface area contributed by atoms with E-state index in [2.05, 4.69) is 8.79 Å². The number of aliphatic hydroxyl groups excluding tert-OH is 2. The van der Waals surface area contributed by atoms with E-state index in [1.165, 1.54) is 70.8 Å². The van der Waals surface area contributed by atoms with E-state index < -0.39 is 96.3 Å². The Morgan fingerprint density at radius 2 is 1.82 bits per heavy atom. The monoisotopic (exact) mass is 1090 g/mol. The first kappa shape index (κ1) is 53.6. The topological polar surface area (TPSA) is 245 Å². The number of carbonyl (C=O) groups excluding carboxylic acids is 7. The Balaban J connectivity index is 1.15. The van der Waals surface area contributed by atoms with E-state index in [1.54, 1.807) is 44.2 Å². The van der Waals surface area contributed by atoms with Crippen LogP contribution in [0.4, 0.5) is 10.5 Å². The van der Waals surface area contributed by atoms with Crippen LogP contribution < -0.4 is 13.7 Å². The van der Waals surface area contributed by atoms with E-state index in [-0.39, 0.29) is 59.6 Å². The number of allylic oxidation sites excluding steroid dienone is 3. The second-order valence-electron chi connectivity index (χ2n) is 19.0. The van der Waals surface area contributed by atoms with Crippen molar-refractivity contribution in [2.24, 2.45) is 23.7 Å². The number of hydrogen-bond donors (Lipinski definition) is 5. The van der Waals surface area contributed by atoms with Gasteiger partial charge in [-0.3, -0.25) is 14.9 Å². The third-order valence-electron chi connectivity index (χ3n) is 14.3. The number of nitrogens with zero attached hydrogens (tertiary/aromatic N) is 3. The van der Waals surface area contributed by atoms with Crippen LogP contribution in [0.5, 0.6) is 0 Å². The quantitative estimate of drug-likeness (QED) is 0.0876. The number of carbonyl (C=O) groups is 7. The van der Waals surface area contributed by atoms with Crippen molar-refractivity contribution in [3.63, 3.8) is 0 Å². The van der Waals surface area contributed by atoms with Gasteiger partial charge in [0, 0.05) is 38.8 Å². The molecule has 2 radical (unpaired) electrons. The first-order valence-electron chi connectivity index (χ1n) is 23.0. The molecule has 372 valence electrons. The second kappa shape index (κ2) is 22.6. The van der Waals surface area contributed by atoms with Crippen LogP contribution in [-0.4, -0.2) is 164 Å². The number of nitrogens with one attached hydrogen (secondary N) is 2. The minimum Gasteiger partial charge on any atom is -0.392 e. The molecule has 1 unspecified atom stereocenters. The average molecular weight is 1100 g/mol. The Bertz CT molecular complexity index is 2190. The standard InChI is InChI=1S/C47H64ClN5O13S.Sb/c1-25-8-7-9-32(24-55)47(63)21-34(64-45(62)50-47)26(2)41-46(4,66-41)36(20-38(57)52(6)33-18-29(16-25)17-31(23-54)40(33)48)65-44(61)27(3)51(5)37(56)14-15-67-35-19-39(58)53(43(35)60)22-28-10-12-30(13-11-28)42(49)59;/h7-9,17-18,26-28,30,32,34-36,41,54-55,63H,10-16,19-24H2,1-6H3,(H3,49,50,59,62);/q;+1/p-1/b9-7+,25-8+;/t26-,27+,28?,30?,32+,34+,35?,36+,41+,46+,47+;/m1./s1. The third-order valence-corrected chi connectivity index (χ3v) is 16.6. The maximum atomic E-state index is 14.3. The predicted octanol–water partition coefficient (Wildman–Crippen LogP) is 2.85. The maximum Gasteiger partial charge on any atom is 0.230 e. The van der Waals surface area contributed by atoms with Gasteiger partial charge in [-0.05, 0) is 44.4 Å². The fourth-order valence-electron chi connectivity index (χ4n) is 9.70. The van der Waals surface area contributed by atoms with Crippen LogP contribution in [-0.2, 0) is 56.0 Å². The molecule has 5 aliphatic rings. The van der Waals surface area contributed by atoms with E-state index in [0.717, 1.165) is 24.0 Å². The van der Waals surface area contributed by atoms with Crippen LogP contribution in [0.1, 0.15) is 90.2 Å². The zero-order chi connectivity index (χ0) is 49.8. The summed E-state index contributed by atoms with van der Waals surface area (Å²) in [5.41, 5.74) is -0.978. The molecule has 9 atom stereocenters. The molecule has 1 aliphatic carbocycles. The van der Waals surface area contributed by atoms with Gasteiger partial charge in [0.25, 0.3) is 0 Å². The number of aliphatic hydroxyl groups is 3. The number of anilines is 1.